The van der Waals surface area contributed by atoms with Crippen molar-refractivity contribution < 1.29 is 2.74 Å². The van der Waals surface area contributed by atoms with Gasteiger partial charge in [0, 0.05) is 2.74 Å². The van der Waals surface area contributed by atoms with E-state index in [2.05, 4.69) is 20.8 Å². The molecule has 0 aromatic heterocycles. The molecule has 0 aromatic carbocycles. The van der Waals surface area contributed by atoms with Crippen LogP contribution in [0.25, 0.3) is 0 Å². The lowest BCUT2D eigenvalue weighted by Crippen LogP contribution is -2.01. The molecule has 0 bridgehead atoms. The van der Waals surface area contributed by atoms with Crippen LogP contribution in [0.1, 0.15) is 43.7 Å². The average Bonchev–Trinajstić information content (AvgIpc) is 1.97. The van der Waals surface area contributed by atoms with Crippen LogP contribution in [-0.4, -0.2) is 0 Å². The highest BCUT2D eigenvalue weighted by Crippen LogP contribution is 2.18. The molecule has 0 saturated heterocycles. The largest absolute Gasteiger partial charge is 0.0878 e. The molecule has 2 unspecified atom stereocenters. The molecule has 0 radical (unpaired) electrons. The Labute approximate surface area is 68.1 Å². The van der Waals surface area contributed by atoms with E-state index in [0.717, 1.165) is 0 Å². The van der Waals surface area contributed by atoms with Crippen molar-refractivity contribution in [3.05, 3.63) is 12.2 Å². The van der Waals surface area contributed by atoms with E-state index in [9.17, 15) is 0 Å². The lowest BCUT2D eigenvalue weighted by molar-refractivity contribution is 0.419. The minimum atomic E-state index is -0.161. The highest BCUT2D eigenvalue weighted by Gasteiger charge is 2.05. The number of hydrogen-bond acceptors (Lipinski definition) is 0. The summed E-state index contributed by atoms with van der Waals surface area (Å²) in [6.45, 7) is 8.58. The molecule has 0 N–H and O–H groups in total. The molecule has 0 heteroatoms. The summed E-state index contributed by atoms with van der Waals surface area (Å²) in [6.07, 6.45) is 3.71. The fraction of sp³-hybridized carbons (Fsp3) is 0.800. The molecule has 0 nitrogen and oxygen atoms in total. The van der Waals surface area contributed by atoms with Crippen molar-refractivity contribution in [1.82, 2.24) is 0 Å². The minimum Gasteiger partial charge on any atom is -0.0878 e. The lowest BCUT2D eigenvalue weighted by Gasteiger charge is -2.14. The maximum absolute atomic E-state index is 7.74. The van der Waals surface area contributed by atoms with Crippen LogP contribution < -0.4 is 0 Å². The van der Waals surface area contributed by atoms with E-state index in [-0.39, 0.29) is 17.7 Å². The summed E-state index contributed by atoms with van der Waals surface area (Å²) < 4.78 is 14.8. The summed E-state index contributed by atoms with van der Waals surface area (Å²) in [4.78, 5) is 0. The van der Waals surface area contributed by atoms with E-state index in [0.29, 0.717) is 6.90 Å². The molecule has 0 aliphatic carbocycles. The lowest BCUT2D eigenvalue weighted by atomic mass is 9.92. The molecular weight excluding hydrogens is 120 g/mol. The Bertz CT molecular complexity index is 144. The summed E-state index contributed by atoms with van der Waals surface area (Å²) >= 11 is 0. The number of rotatable bonds is 2. The maximum Gasteiger partial charge on any atom is 0.0315 e. The first-order chi connectivity index (χ1) is 5.38. The fourth-order valence-electron chi connectivity index (χ4n) is 0.534. The van der Waals surface area contributed by atoms with Gasteiger partial charge in [0.15, 0.2) is 0 Å². The molecule has 60 valence electrons. The standard InChI is InChI=1S/C10H20/c1-9(2)7-6-8-10(3,4)5/h6-7,9H,8H2,1-5H3/i1D,8D. The Morgan fingerprint density at radius 1 is 1.60 bits per heavy atom. The van der Waals surface area contributed by atoms with Crippen molar-refractivity contribution in [3.8, 4) is 0 Å². The first-order valence-corrected chi connectivity index (χ1v) is 3.77. The van der Waals surface area contributed by atoms with Gasteiger partial charge >= 0.3 is 0 Å². The zero-order valence-corrected chi connectivity index (χ0v) is 7.52. The molecule has 0 rings (SSSR count). The number of hydrogen-bond donors (Lipinski definition) is 0. The molecule has 10 heavy (non-hydrogen) atoms. The van der Waals surface area contributed by atoms with E-state index in [1.54, 1.807) is 0 Å². The van der Waals surface area contributed by atoms with Crippen LogP contribution in [-0.2, 0) is 0 Å². The van der Waals surface area contributed by atoms with Gasteiger partial charge in [-0.1, -0.05) is 46.7 Å². The summed E-state index contributed by atoms with van der Waals surface area (Å²) in [7, 11) is 0. The van der Waals surface area contributed by atoms with Crippen LogP contribution in [0.2, 0.25) is 0 Å². The van der Waals surface area contributed by atoms with Crippen LogP contribution in [0.15, 0.2) is 12.2 Å². The van der Waals surface area contributed by atoms with Gasteiger partial charge in [0.1, 0.15) is 0 Å². The van der Waals surface area contributed by atoms with Gasteiger partial charge in [0.05, 0.1) is 0 Å². The van der Waals surface area contributed by atoms with Crippen molar-refractivity contribution in [2.24, 2.45) is 11.3 Å². The molecule has 2 atom stereocenters. The van der Waals surface area contributed by atoms with Crippen molar-refractivity contribution >= 4 is 0 Å². The Morgan fingerprint density at radius 3 is 2.60 bits per heavy atom. The molecular formula is C10H20. The zero-order chi connectivity index (χ0) is 9.78. The van der Waals surface area contributed by atoms with Crippen LogP contribution in [0, 0.1) is 11.3 Å². The smallest absolute Gasteiger partial charge is 0.0315 e. The maximum atomic E-state index is 7.74. The highest BCUT2D eigenvalue weighted by molar-refractivity contribution is 4.87. The third-order valence-electron chi connectivity index (χ3n) is 1.04. The minimum absolute atomic E-state index is 0.0121. The summed E-state index contributed by atoms with van der Waals surface area (Å²) in [6, 6.07) is 0. The predicted molar refractivity (Wildman–Crippen MR) is 48.1 cm³/mol. The molecule has 0 spiro atoms. The van der Waals surface area contributed by atoms with Crippen molar-refractivity contribution in [2.75, 3.05) is 0 Å². The van der Waals surface area contributed by atoms with Crippen molar-refractivity contribution in [1.29, 1.82) is 0 Å². The average molecular weight is 142 g/mol. The summed E-state index contributed by atoms with van der Waals surface area (Å²) in [5, 5.41) is 0. The summed E-state index contributed by atoms with van der Waals surface area (Å²) in [5.41, 5.74) is 0.0121. The highest BCUT2D eigenvalue weighted by atomic mass is 14.1. The molecule has 0 amide bonds. The monoisotopic (exact) mass is 142 g/mol. The van der Waals surface area contributed by atoms with Gasteiger partial charge in [-0.05, 0) is 17.7 Å². The SMILES string of the molecule is [2H]CC(C)C=CC([2H])C(C)(C)C. The van der Waals surface area contributed by atoms with Gasteiger partial charge in [-0.25, -0.2) is 0 Å². The van der Waals surface area contributed by atoms with Crippen LogP contribution in [0.3, 0.4) is 0 Å². The third-order valence-corrected chi connectivity index (χ3v) is 1.04. The first-order valence-electron chi connectivity index (χ1n) is 5.06. The van der Waals surface area contributed by atoms with Gasteiger partial charge in [-0.2, -0.15) is 0 Å². The quantitative estimate of drug-likeness (QED) is 0.516. The Balaban J connectivity index is 3.99. The Hall–Kier alpha value is -0.260. The predicted octanol–water partition coefficient (Wildman–Crippen LogP) is 3.63. The van der Waals surface area contributed by atoms with Gasteiger partial charge in [-0.3, -0.25) is 0 Å². The van der Waals surface area contributed by atoms with Crippen LogP contribution in [0.4, 0.5) is 0 Å². The number of allylic oxidation sites excluding steroid dienone is 2. The van der Waals surface area contributed by atoms with E-state index in [4.69, 9.17) is 2.74 Å². The second kappa shape index (κ2) is 3.80. The molecule has 0 aliphatic rings. The Kier molecular flexibility index (Phi) is 2.45. The molecule has 0 aromatic rings. The second-order valence-electron chi connectivity index (χ2n) is 3.89. The van der Waals surface area contributed by atoms with Gasteiger partial charge in [-0.15, -0.1) is 0 Å². The van der Waals surface area contributed by atoms with Gasteiger partial charge < -0.3 is 0 Å². The summed E-state index contributed by atoms with van der Waals surface area (Å²) in [5.74, 6) is 0.278. The fourth-order valence-corrected chi connectivity index (χ4v) is 0.534. The van der Waals surface area contributed by atoms with Crippen molar-refractivity contribution in [3.63, 3.8) is 0 Å². The molecule has 0 saturated carbocycles. The molecule has 0 aliphatic heterocycles. The third kappa shape index (κ3) is 7.74. The zero-order valence-electron chi connectivity index (χ0n) is 9.52. The van der Waals surface area contributed by atoms with Gasteiger partial charge in [0.25, 0.3) is 0 Å². The van der Waals surface area contributed by atoms with E-state index in [1.807, 2.05) is 19.1 Å². The van der Waals surface area contributed by atoms with E-state index in [1.165, 1.54) is 0 Å². The van der Waals surface area contributed by atoms with E-state index >= 15 is 0 Å². The van der Waals surface area contributed by atoms with Gasteiger partial charge in [0.2, 0.25) is 0 Å². The topological polar surface area (TPSA) is 0 Å². The molecule has 0 heterocycles. The second-order valence-corrected chi connectivity index (χ2v) is 3.89. The van der Waals surface area contributed by atoms with Crippen LogP contribution >= 0.6 is 0 Å². The molecule has 0 fully saturated rings. The normalized spacial score (nSPS) is 22.0. The Morgan fingerprint density at radius 2 is 2.20 bits per heavy atom. The van der Waals surface area contributed by atoms with Crippen molar-refractivity contribution in [2.45, 2.75) is 41.0 Å². The van der Waals surface area contributed by atoms with E-state index < -0.39 is 0 Å². The first kappa shape index (κ1) is 6.45. The van der Waals surface area contributed by atoms with Crippen LogP contribution in [0.5, 0.6) is 0 Å².